The lowest BCUT2D eigenvalue weighted by atomic mass is 9.71. The molecule has 136 valence electrons. The van der Waals surface area contributed by atoms with Crippen molar-refractivity contribution in [3.63, 3.8) is 0 Å². The molecule has 24 heavy (non-hydrogen) atoms. The molecule has 1 atom stereocenters. The maximum absolute atomic E-state index is 12.7. The minimum absolute atomic E-state index is 0.0156. The summed E-state index contributed by atoms with van der Waals surface area (Å²) in [4.78, 5) is 29.0. The molecule has 3 amide bonds. The Labute approximate surface area is 144 Å². The van der Waals surface area contributed by atoms with Crippen LogP contribution in [0.2, 0.25) is 0 Å². The second-order valence-corrected chi connectivity index (χ2v) is 7.92. The third kappa shape index (κ3) is 3.53. The van der Waals surface area contributed by atoms with E-state index in [1.807, 2.05) is 4.90 Å². The highest BCUT2D eigenvalue weighted by Gasteiger charge is 2.52. The van der Waals surface area contributed by atoms with Gasteiger partial charge in [-0.15, -0.1) is 0 Å². The number of nitrogens with zero attached hydrogens (tertiary/aromatic N) is 2. The van der Waals surface area contributed by atoms with Gasteiger partial charge >= 0.3 is 6.03 Å². The molecule has 0 aromatic carbocycles. The molecule has 6 nitrogen and oxygen atoms in total. The molecule has 1 unspecified atom stereocenters. The van der Waals surface area contributed by atoms with Crippen LogP contribution in [0.5, 0.6) is 0 Å². The Morgan fingerprint density at radius 1 is 1.12 bits per heavy atom. The van der Waals surface area contributed by atoms with Crippen LogP contribution in [0.3, 0.4) is 0 Å². The number of carbonyl (C=O) groups excluding carboxylic acids is 2. The van der Waals surface area contributed by atoms with E-state index in [-0.39, 0.29) is 23.3 Å². The minimum atomic E-state index is -0.108. The van der Waals surface area contributed by atoms with Crippen LogP contribution in [-0.2, 0) is 9.53 Å². The molecule has 1 spiro atoms. The maximum Gasteiger partial charge on any atom is 0.317 e. The van der Waals surface area contributed by atoms with Gasteiger partial charge in [-0.2, -0.15) is 0 Å². The summed E-state index contributed by atoms with van der Waals surface area (Å²) in [6, 6.07) is 0.322. The molecule has 3 aliphatic rings. The van der Waals surface area contributed by atoms with Crippen molar-refractivity contribution in [1.82, 2.24) is 15.1 Å². The normalized spacial score (nSPS) is 27.2. The van der Waals surface area contributed by atoms with E-state index in [1.165, 1.54) is 19.3 Å². The molecule has 0 bridgehead atoms. The summed E-state index contributed by atoms with van der Waals surface area (Å²) in [5.74, 6) is 0.0402. The number of rotatable bonds is 2. The zero-order valence-corrected chi connectivity index (χ0v) is 15.1. The van der Waals surface area contributed by atoms with E-state index in [4.69, 9.17) is 4.74 Å². The minimum Gasteiger partial charge on any atom is -0.381 e. The molecule has 1 aliphatic carbocycles. The van der Waals surface area contributed by atoms with Crippen LogP contribution in [0, 0.1) is 11.3 Å². The Kier molecular flexibility index (Phi) is 5.33. The number of carbonyl (C=O) groups is 2. The average molecular weight is 337 g/mol. The third-order valence-electron chi connectivity index (χ3n) is 6.10. The number of urea groups is 1. The van der Waals surface area contributed by atoms with Gasteiger partial charge in [-0.3, -0.25) is 4.79 Å². The molecule has 1 saturated carbocycles. The van der Waals surface area contributed by atoms with E-state index >= 15 is 0 Å². The standard InChI is InChI=1S/C18H31N3O3/c1-20(2)16(22)15-12-21(13-18(15)8-10-24-11-9-18)17(23)19-14-6-4-3-5-7-14/h14-15H,3-13H2,1-2H3,(H,19,23). The zero-order valence-electron chi connectivity index (χ0n) is 15.1. The highest BCUT2D eigenvalue weighted by Crippen LogP contribution is 2.45. The lowest BCUT2D eigenvalue weighted by Gasteiger charge is -2.38. The third-order valence-corrected chi connectivity index (χ3v) is 6.10. The fourth-order valence-electron chi connectivity index (χ4n) is 4.57. The number of ether oxygens (including phenoxy) is 1. The number of hydrogen-bond acceptors (Lipinski definition) is 3. The van der Waals surface area contributed by atoms with Gasteiger partial charge in [0.1, 0.15) is 0 Å². The highest BCUT2D eigenvalue weighted by molar-refractivity contribution is 5.82. The first-order valence-corrected chi connectivity index (χ1v) is 9.36. The first kappa shape index (κ1) is 17.5. The number of amides is 3. The monoisotopic (exact) mass is 337 g/mol. The molecule has 6 heteroatoms. The SMILES string of the molecule is CN(C)C(=O)C1CN(C(=O)NC2CCCCC2)CC12CCOCC2. The van der Waals surface area contributed by atoms with E-state index < -0.39 is 0 Å². The van der Waals surface area contributed by atoms with Crippen LogP contribution in [0.1, 0.15) is 44.9 Å². The molecular formula is C18H31N3O3. The highest BCUT2D eigenvalue weighted by atomic mass is 16.5. The zero-order chi connectivity index (χ0) is 17.2. The molecule has 1 N–H and O–H groups in total. The Bertz CT molecular complexity index is 468. The van der Waals surface area contributed by atoms with Crippen LogP contribution in [-0.4, -0.2) is 68.2 Å². The first-order chi connectivity index (χ1) is 11.5. The summed E-state index contributed by atoms with van der Waals surface area (Å²) in [7, 11) is 3.61. The van der Waals surface area contributed by atoms with E-state index in [9.17, 15) is 9.59 Å². The molecule has 0 aromatic rings. The Morgan fingerprint density at radius 3 is 2.42 bits per heavy atom. The first-order valence-electron chi connectivity index (χ1n) is 9.36. The van der Waals surface area contributed by atoms with Crippen LogP contribution in [0.4, 0.5) is 4.79 Å². The van der Waals surface area contributed by atoms with Gasteiger partial charge in [-0.1, -0.05) is 19.3 Å². The van der Waals surface area contributed by atoms with Crippen molar-refractivity contribution in [3.05, 3.63) is 0 Å². The second kappa shape index (κ2) is 7.30. The lowest BCUT2D eigenvalue weighted by Crippen LogP contribution is -2.45. The largest absolute Gasteiger partial charge is 0.381 e. The van der Waals surface area contributed by atoms with Crippen molar-refractivity contribution in [1.29, 1.82) is 0 Å². The maximum atomic E-state index is 12.7. The number of nitrogens with one attached hydrogen (secondary N) is 1. The fourth-order valence-corrected chi connectivity index (χ4v) is 4.57. The van der Waals surface area contributed by atoms with Crippen LogP contribution in [0.15, 0.2) is 0 Å². The van der Waals surface area contributed by atoms with Crippen LogP contribution >= 0.6 is 0 Å². The van der Waals surface area contributed by atoms with Crippen molar-refractivity contribution < 1.29 is 14.3 Å². The topological polar surface area (TPSA) is 61.9 Å². The van der Waals surface area contributed by atoms with Gasteiger partial charge in [0.05, 0.1) is 5.92 Å². The second-order valence-electron chi connectivity index (χ2n) is 7.92. The summed E-state index contributed by atoms with van der Waals surface area (Å²) in [5, 5.41) is 3.20. The number of hydrogen-bond donors (Lipinski definition) is 1. The van der Waals surface area contributed by atoms with Gasteiger partial charge in [0.15, 0.2) is 0 Å². The smallest absolute Gasteiger partial charge is 0.317 e. The molecule has 2 saturated heterocycles. The summed E-state index contributed by atoms with van der Waals surface area (Å²) in [6.45, 7) is 2.60. The summed E-state index contributed by atoms with van der Waals surface area (Å²) >= 11 is 0. The predicted octanol–water partition coefficient (Wildman–Crippen LogP) is 1.85. The van der Waals surface area contributed by atoms with Gasteiger partial charge in [0.2, 0.25) is 5.91 Å². The van der Waals surface area contributed by atoms with E-state index in [0.29, 0.717) is 32.3 Å². The van der Waals surface area contributed by atoms with Crippen molar-refractivity contribution >= 4 is 11.9 Å². The summed E-state index contributed by atoms with van der Waals surface area (Å²) in [5.41, 5.74) is -0.108. The molecule has 3 fully saturated rings. The summed E-state index contributed by atoms with van der Waals surface area (Å²) < 4.78 is 5.52. The van der Waals surface area contributed by atoms with Crippen molar-refractivity contribution in [2.45, 2.75) is 51.0 Å². The molecule has 2 heterocycles. The predicted molar refractivity (Wildman–Crippen MR) is 91.6 cm³/mol. The molecule has 3 rings (SSSR count). The molecular weight excluding hydrogens is 306 g/mol. The average Bonchev–Trinajstić information content (AvgIpc) is 2.94. The molecule has 2 aliphatic heterocycles. The quantitative estimate of drug-likeness (QED) is 0.836. The van der Waals surface area contributed by atoms with Gasteiger partial charge in [-0.05, 0) is 25.7 Å². The molecule has 0 radical (unpaired) electrons. The van der Waals surface area contributed by atoms with Crippen molar-refractivity contribution in [2.24, 2.45) is 11.3 Å². The van der Waals surface area contributed by atoms with Gasteiger partial charge in [0, 0.05) is 51.9 Å². The van der Waals surface area contributed by atoms with Gasteiger partial charge < -0.3 is 19.9 Å². The fraction of sp³-hybridized carbons (Fsp3) is 0.889. The van der Waals surface area contributed by atoms with Crippen LogP contribution < -0.4 is 5.32 Å². The van der Waals surface area contributed by atoms with Gasteiger partial charge in [-0.25, -0.2) is 4.79 Å². The Morgan fingerprint density at radius 2 is 1.79 bits per heavy atom. The van der Waals surface area contributed by atoms with Crippen molar-refractivity contribution in [2.75, 3.05) is 40.4 Å². The van der Waals surface area contributed by atoms with Crippen LogP contribution in [0.25, 0.3) is 0 Å². The summed E-state index contributed by atoms with van der Waals surface area (Å²) in [6.07, 6.45) is 7.58. The Balaban J connectivity index is 1.68. The Hall–Kier alpha value is -1.30. The molecule has 0 aromatic heterocycles. The van der Waals surface area contributed by atoms with E-state index in [1.54, 1.807) is 19.0 Å². The van der Waals surface area contributed by atoms with Gasteiger partial charge in [0.25, 0.3) is 0 Å². The van der Waals surface area contributed by atoms with E-state index in [0.717, 1.165) is 25.7 Å². The van der Waals surface area contributed by atoms with Crippen molar-refractivity contribution in [3.8, 4) is 0 Å². The van der Waals surface area contributed by atoms with E-state index in [2.05, 4.69) is 5.32 Å². The number of likely N-dealkylation sites (tertiary alicyclic amines) is 1. The lowest BCUT2D eigenvalue weighted by molar-refractivity contribution is -0.138.